The van der Waals surface area contributed by atoms with E-state index >= 15 is 0 Å². The minimum absolute atomic E-state index is 0.122. The van der Waals surface area contributed by atoms with Gasteiger partial charge in [0.25, 0.3) is 5.91 Å². The number of hydrogen-bond donors (Lipinski definition) is 0. The number of anilines is 1. The molecule has 0 unspecified atom stereocenters. The van der Waals surface area contributed by atoms with Gasteiger partial charge in [-0.2, -0.15) is 0 Å². The largest absolute Gasteiger partial charge is 0.305 e. The molecule has 108 valence electrons. The van der Waals surface area contributed by atoms with Gasteiger partial charge in [0, 0.05) is 6.54 Å². The van der Waals surface area contributed by atoms with Crippen LogP contribution in [0.3, 0.4) is 0 Å². The molecule has 3 rings (SSSR count). The van der Waals surface area contributed by atoms with E-state index in [0.29, 0.717) is 18.4 Å². The molecular weight excluding hydrogens is 279 g/mol. The first kappa shape index (κ1) is 13.7. The molecule has 0 bridgehead atoms. The SMILES string of the molecule is O=C(c1c(F)cccc1F)N1CCCc2cccc(F)c21. The topological polar surface area (TPSA) is 20.3 Å². The van der Waals surface area contributed by atoms with Gasteiger partial charge in [0.2, 0.25) is 0 Å². The van der Waals surface area contributed by atoms with Crippen LogP contribution in [0, 0.1) is 17.5 Å². The first-order valence-corrected chi connectivity index (χ1v) is 6.63. The minimum atomic E-state index is -0.941. The molecular formula is C16H12F3NO. The molecule has 0 aliphatic carbocycles. The second kappa shape index (κ2) is 5.24. The van der Waals surface area contributed by atoms with Crippen molar-refractivity contribution in [1.82, 2.24) is 0 Å². The summed E-state index contributed by atoms with van der Waals surface area (Å²) in [6.45, 7) is 0.237. The molecule has 1 aliphatic rings. The van der Waals surface area contributed by atoms with E-state index < -0.39 is 28.9 Å². The number of halogens is 3. The molecule has 0 saturated heterocycles. The summed E-state index contributed by atoms with van der Waals surface area (Å²) in [7, 11) is 0. The molecule has 0 spiro atoms. The Labute approximate surface area is 119 Å². The Morgan fingerprint density at radius 3 is 2.29 bits per heavy atom. The number of amides is 1. The number of carbonyl (C=O) groups excluding carboxylic acids is 1. The summed E-state index contributed by atoms with van der Waals surface area (Å²) in [5, 5.41) is 0. The second-order valence-electron chi connectivity index (χ2n) is 4.90. The first-order valence-electron chi connectivity index (χ1n) is 6.63. The second-order valence-corrected chi connectivity index (χ2v) is 4.90. The Hall–Kier alpha value is -2.30. The smallest absolute Gasteiger partial charge is 0.264 e. The van der Waals surface area contributed by atoms with Gasteiger partial charge in [0.1, 0.15) is 23.0 Å². The molecule has 0 aromatic heterocycles. The minimum Gasteiger partial charge on any atom is -0.305 e. The monoisotopic (exact) mass is 291 g/mol. The molecule has 1 aliphatic heterocycles. The van der Waals surface area contributed by atoms with E-state index in [1.165, 1.54) is 12.1 Å². The average Bonchev–Trinajstić information content (AvgIpc) is 2.46. The van der Waals surface area contributed by atoms with Crippen LogP contribution in [0.4, 0.5) is 18.9 Å². The van der Waals surface area contributed by atoms with Crippen LogP contribution in [0.15, 0.2) is 36.4 Å². The third-order valence-corrected chi connectivity index (χ3v) is 3.59. The van der Waals surface area contributed by atoms with Gasteiger partial charge < -0.3 is 4.90 Å². The molecule has 0 atom stereocenters. The Bertz CT molecular complexity index is 694. The van der Waals surface area contributed by atoms with Crippen LogP contribution in [0.1, 0.15) is 22.3 Å². The zero-order valence-electron chi connectivity index (χ0n) is 11.1. The van der Waals surface area contributed by atoms with Gasteiger partial charge in [-0.15, -0.1) is 0 Å². The van der Waals surface area contributed by atoms with Crippen LogP contribution in [0.5, 0.6) is 0 Å². The Kier molecular flexibility index (Phi) is 3.41. The zero-order chi connectivity index (χ0) is 15.0. The molecule has 0 fully saturated rings. The fourth-order valence-electron chi connectivity index (χ4n) is 2.64. The predicted octanol–water partition coefficient (Wildman–Crippen LogP) is 3.70. The quantitative estimate of drug-likeness (QED) is 0.784. The number of nitrogens with zero attached hydrogens (tertiary/aromatic N) is 1. The molecule has 1 heterocycles. The van der Waals surface area contributed by atoms with Crippen molar-refractivity contribution >= 4 is 11.6 Å². The van der Waals surface area contributed by atoms with E-state index in [1.54, 1.807) is 12.1 Å². The van der Waals surface area contributed by atoms with Crippen LogP contribution in [-0.4, -0.2) is 12.5 Å². The highest BCUT2D eigenvalue weighted by Gasteiger charge is 2.29. The normalized spacial score (nSPS) is 14.0. The van der Waals surface area contributed by atoms with Crippen LogP contribution < -0.4 is 4.90 Å². The highest BCUT2D eigenvalue weighted by atomic mass is 19.1. The zero-order valence-corrected chi connectivity index (χ0v) is 11.1. The third kappa shape index (κ3) is 2.28. The molecule has 0 saturated carbocycles. The summed E-state index contributed by atoms with van der Waals surface area (Å²) in [4.78, 5) is 13.6. The van der Waals surface area contributed by atoms with E-state index in [9.17, 15) is 18.0 Å². The molecule has 0 N–H and O–H groups in total. The molecule has 2 aromatic rings. The molecule has 0 radical (unpaired) electrons. The summed E-state index contributed by atoms with van der Waals surface area (Å²) in [5.74, 6) is -3.29. The lowest BCUT2D eigenvalue weighted by atomic mass is 10.00. The summed E-state index contributed by atoms with van der Waals surface area (Å²) in [6, 6.07) is 7.74. The summed E-state index contributed by atoms with van der Waals surface area (Å²) in [6.07, 6.45) is 1.26. The number of aryl methyl sites for hydroxylation is 1. The number of fused-ring (bicyclic) bond motifs is 1. The molecule has 5 heteroatoms. The van der Waals surface area contributed by atoms with Gasteiger partial charge in [0.05, 0.1) is 5.69 Å². The van der Waals surface area contributed by atoms with Crippen LogP contribution in [-0.2, 0) is 6.42 Å². The van der Waals surface area contributed by atoms with Gasteiger partial charge >= 0.3 is 0 Å². The molecule has 21 heavy (non-hydrogen) atoms. The maximum atomic E-state index is 14.0. The van der Waals surface area contributed by atoms with Crippen molar-refractivity contribution < 1.29 is 18.0 Å². The van der Waals surface area contributed by atoms with E-state index in [2.05, 4.69) is 0 Å². The number of carbonyl (C=O) groups is 1. The van der Waals surface area contributed by atoms with Gasteiger partial charge in [-0.25, -0.2) is 13.2 Å². The van der Waals surface area contributed by atoms with Crippen molar-refractivity contribution in [2.45, 2.75) is 12.8 Å². The maximum absolute atomic E-state index is 14.0. The lowest BCUT2D eigenvalue weighted by molar-refractivity contribution is 0.0976. The van der Waals surface area contributed by atoms with Crippen molar-refractivity contribution in [2.75, 3.05) is 11.4 Å². The van der Waals surface area contributed by atoms with E-state index in [4.69, 9.17) is 0 Å². The van der Waals surface area contributed by atoms with Crippen molar-refractivity contribution in [1.29, 1.82) is 0 Å². The maximum Gasteiger partial charge on any atom is 0.264 e. The third-order valence-electron chi connectivity index (χ3n) is 3.59. The van der Waals surface area contributed by atoms with Gasteiger partial charge in [0.15, 0.2) is 0 Å². The molecule has 2 aromatic carbocycles. The lowest BCUT2D eigenvalue weighted by Crippen LogP contribution is -2.37. The van der Waals surface area contributed by atoms with E-state index in [0.717, 1.165) is 17.0 Å². The lowest BCUT2D eigenvalue weighted by Gasteiger charge is -2.30. The summed E-state index contributed by atoms with van der Waals surface area (Å²) >= 11 is 0. The standard InChI is InChI=1S/C16H12F3NO/c17-11-6-2-7-12(18)14(11)16(21)20-9-3-5-10-4-1-8-13(19)15(10)20/h1-2,4,6-8H,3,5,9H2. The van der Waals surface area contributed by atoms with Crippen molar-refractivity contribution in [3.05, 3.63) is 65.0 Å². The summed E-state index contributed by atoms with van der Waals surface area (Å²) < 4.78 is 41.5. The van der Waals surface area contributed by atoms with E-state index in [-0.39, 0.29) is 12.2 Å². The Morgan fingerprint density at radius 1 is 0.952 bits per heavy atom. The van der Waals surface area contributed by atoms with Crippen molar-refractivity contribution in [2.24, 2.45) is 0 Å². The van der Waals surface area contributed by atoms with Crippen LogP contribution in [0.2, 0.25) is 0 Å². The van der Waals surface area contributed by atoms with Crippen molar-refractivity contribution in [3.63, 3.8) is 0 Å². The molecule has 2 nitrogen and oxygen atoms in total. The molecule has 1 amide bonds. The van der Waals surface area contributed by atoms with E-state index in [1.807, 2.05) is 0 Å². The Balaban J connectivity index is 2.09. The predicted molar refractivity (Wildman–Crippen MR) is 72.8 cm³/mol. The number of rotatable bonds is 1. The summed E-state index contributed by atoms with van der Waals surface area (Å²) in [5.41, 5.74) is 0.149. The Morgan fingerprint density at radius 2 is 1.57 bits per heavy atom. The fraction of sp³-hybridized carbons (Fsp3) is 0.188. The highest BCUT2D eigenvalue weighted by molar-refractivity contribution is 6.07. The van der Waals surface area contributed by atoms with Crippen LogP contribution >= 0.6 is 0 Å². The number of para-hydroxylation sites is 1. The van der Waals surface area contributed by atoms with Crippen molar-refractivity contribution in [3.8, 4) is 0 Å². The number of benzene rings is 2. The van der Waals surface area contributed by atoms with Gasteiger partial charge in [-0.05, 0) is 36.6 Å². The number of hydrogen-bond acceptors (Lipinski definition) is 1. The van der Waals surface area contributed by atoms with Crippen LogP contribution in [0.25, 0.3) is 0 Å². The van der Waals surface area contributed by atoms with Gasteiger partial charge in [-0.3, -0.25) is 4.79 Å². The fourth-order valence-corrected chi connectivity index (χ4v) is 2.64. The first-order chi connectivity index (χ1) is 10.1. The highest BCUT2D eigenvalue weighted by Crippen LogP contribution is 2.31. The van der Waals surface area contributed by atoms with Gasteiger partial charge in [-0.1, -0.05) is 18.2 Å². The average molecular weight is 291 g/mol.